The second-order valence-electron chi connectivity index (χ2n) is 11.6. The second kappa shape index (κ2) is 8.10. The number of nitrogens with zero attached hydrogens (tertiary/aromatic N) is 6. The summed E-state index contributed by atoms with van der Waals surface area (Å²) in [5.41, 5.74) is 1.02. The highest BCUT2D eigenvalue weighted by Crippen LogP contribution is 2.78. The molecule has 10 nitrogen and oxygen atoms in total. The molecule has 13 heteroatoms. The molecule has 2 N–H and O–H groups in total. The van der Waals surface area contributed by atoms with Crippen molar-refractivity contribution in [3.8, 4) is 0 Å². The molecule has 3 saturated carbocycles. The molecule has 3 aromatic rings. The maximum absolute atomic E-state index is 13.7. The lowest BCUT2D eigenvalue weighted by atomic mass is 9.34. The maximum atomic E-state index is 13.7. The van der Waals surface area contributed by atoms with Crippen LogP contribution < -0.4 is 16.3 Å². The van der Waals surface area contributed by atoms with Crippen LogP contribution >= 0.6 is 0 Å². The van der Waals surface area contributed by atoms with E-state index < -0.39 is 23.1 Å². The van der Waals surface area contributed by atoms with Crippen molar-refractivity contribution in [3.63, 3.8) is 0 Å². The Morgan fingerprint density at radius 1 is 1.08 bits per heavy atom. The third kappa shape index (κ3) is 3.65. The molecule has 0 radical (unpaired) electrons. The molecule has 2 aliphatic heterocycles. The number of hydrogen-bond donors (Lipinski definition) is 1. The standard InChI is InChI=1S/C26H28F3N7O3/c1-13-5-35(7-17(39-13)15-3-4-18(37)36(30)6-15)23-33-21(24-10-25(11-24,12-24)26(27,28)29)20-22(34-23)31-14(2)19(32-20)16-8-38-9-16/h3-4,6,13,16-17H,5,7-12,30H2,1-2H3/t13-,17-,24?,25?/m1/s1. The minimum Gasteiger partial charge on any atom is -0.380 e. The molecule has 206 valence electrons. The summed E-state index contributed by atoms with van der Waals surface area (Å²) in [5, 5.41) is 0. The van der Waals surface area contributed by atoms with Gasteiger partial charge in [0.05, 0.1) is 48.4 Å². The van der Waals surface area contributed by atoms with Crippen LogP contribution in [0.15, 0.2) is 23.1 Å². The van der Waals surface area contributed by atoms with Crippen LogP contribution in [0.3, 0.4) is 0 Å². The van der Waals surface area contributed by atoms with Gasteiger partial charge < -0.3 is 20.2 Å². The maximum Gasteiger partial charge on any atom is 0.394 e. The molecule has 39 heavy (non-hydrogen) atoms. The highest BCUT2D eigenvalue weighted by Gasteiger charge is 2.79. The molecule has 2 bridgehead atoms. The molecule has 5 heterocycles. The molecule has 2 atom stereocenters. The molecule has 0 spiro atoms. The Kier molecular flexibility index (Phi) is 5.13. The number of fused-ring (bicyclic) bond motifs is 1. The van der Waals surface area contributed by atoms with Crippen molar-refractivity contribution in [2.24, 2.45) is 5.41 Å². The lowest BCUT2D eigenvalue weighted by Gasteiger charge is -2.70. The number of halogens is 3. The third-order valence-corrected chi connectivity index (χ3v) is 8.77. The summed E-state index contributed by atoms with van der Waals surface area (Å²) in [6.45, 7) is 5.73. The average molecular weight is 544 g/mol. The Morgan fingerprint density at radius 3 is 2.46 bits per heavy atom. The van der Waals surface area contributed by atoms with Crippen molar-refractivity contribution in [1.82, 2.24) is 24.6 Å². The first-order valence-corrected chi connectivity index (χ1v) is 13.1. The van der Waals surface area contributed by atoms with Crippen LogP contribution in [0.5, 0.6) is 0 Å². The molecule has 0 aromatic carbocycles. The van der Waals surface area contributed by atoms with E-state index in [-0.39, 0.29) is 36.8 Å². The summed E-state index contributed by atoms with van der Waals surface area (Å²) in [6.07, 6.45) is -3.30. The largest absolute Gasteiger partial charge is 0.394 e. The summed E-state index contributed by atoms with van der Waals surface area (Å²) in [7, 11) is 0. The Balaban J connectivity index is 1.30. The van der Waals surface area contributed by atoms with Gasteiger partial charge in [-0.2, -0.15) is 18.2 Å². The predicted molar refractivity (Wildman–Crippen MR) is 134 cm³/mol. The van der Waals surface area contributed by atoms with Crippen LogP contribution in [0.2, 0.25) is 0 Å². The molecule has 0 unspecified atom stereocenters. The fourth-order valence-corrected chi connectivity index (χ4v) is 6.67. The molecular formula is C26H28F3N7O3. The molecule has 2 saturated heterocycles. The zero-order valence-corrected chi connectivity index (χ0v) is 21.5. The van der Waals surface area contributed by atoms with Gasteiger partial charge in [-0.1, -0.05) is 0 Å². The van der Waals surface area contributed by atoms with E-state index in [1.165, 1.54) is 12.3 Å². The van der Waals surface area contributed by atoms with Gasteiger partial charge in [0.25, 0.3) is 5.56 Å². The number of pyridine rings is 1. The Bertz CT molecular complexity index is 1530. The summed E-state index contributed by atoms with van der Waals surface area (Å²) in [6, 6.07) is 3.06. The van der Waals surface area contributed by atoms with E-state index in [4.69, 9.17) is 35.3 Å². The fourth-order valence-electron chi connectivity index (χ4n) is 6.67. The van der Waals surface area contributed by atoms with E-state index in [2.05, 4.69) is 0 Å². The van der Waals surface area contributed by atoms with E-state index in [0.29, 0.717) is 49.1 Å². The van der Waals surface area contributed by atoms with Gasteiger partial charge in [-0.05, 0) is 39.2 Å². The van der Waals surface area contributed by atoms with Gasteiger partial charge in [0.2, 0.25) is 5.95 Å². The summed E-state index contributed by atoms with van der Waals surface area (Å²) >= 11 is 0. The first kappa shape index (κ1) is 24.7. The normalized spacial score (nSPS) is 30.5. The van der Waals surface area contributed by atoms with Crippen LogP contribution in [-0.4, -0.2) is 63.2 Å². The van der Waals surface area contributed by atoms with E-state index >= 15 is 0 Å². The van der Waals surface area contributed by atoms with E-state index in [1.54, 1.807) is 6.07 Å². The number of nitrogen functional groups attached to an aromatic ring is 1. The molecule has 5 aliphatic rings. The van der Waals surface area contributed by atoms with Crippen molar-refractivity contribution >= 4 is 17.1 Å². The van der Waals surface area contributed by atoms with Gasteiger partial charge >= 0.3 is 6.18 Å². The van der Waals surface area contributed by atoms with Gasteiger partial charge in [0.15, 0.2) is 5.65 Å². The molecule has 5 fully saturated rings. The number of anilines is 1. The van der Waals surface area contributed by atoms with E-state index in [0.717, 1.165) is 21.6 Å². The third-order valence-electron chi connectivity index (χ3n) is 8.77. The predicted octanol–water partition coefficient (Wildman–Crippen LogP) is 2.67. The summed E-state index contributed by atoms with van der Waals surface area (Å²) in [4.78, 5) is 33.1. The quantitative estimate of drug-likeness (QED) is 0.495. The SMILES string of the molecule is Cc1nc2nc(N3C[C@@H](C)O[C@@H](c4ccc(=O)n(N)c4)C3)nc(C34CC(C(F)(F)F)(C3)C4)c2nc1C1COC1. The molecule has 8 rings (SSSR count). The smallest absolute Gasteiger partial charge is 0.380 e. The summed E-state index contributed by atoms with van der Waals surface area (Å²) < 4.78 is 53.7. The van der Waals surface area contributed by atoms with Gasteiger partial charge in [-0.3, -0.25) is 4.79 Å². The highest BCUT2D eigenvalue weighted by atomic mass is 19.4. The number of ether oxygens (including phenoxy) is 2. The van der Waals surface area contributed by atoms with Crippen LogP contribution in [0.1, 0.15) is 60.9 Å². The Labute approximate surface area is 221 Å². The minimum atomic E-state index is -4.23. The van der Waals surface area contributed by atoms with Gasteiger partial charge in [0.1, 0.15) is 11.6 Å². The molecule has 0 amide bonds. The van der Waals surface area contributed by atoms with Crippen molar-refractivity contribution in [3.05, 3.63) is 51.3 Å². The first-order chi connectivity index (χ1) is 18.5. The zero-order valence-electron chi connectivity index (χ0n) is 21.5. The lowest BCUT2D eigenvalue weighted by Crippen LogP contribution is -2.70. The van der Waals surface area contributed by atoms with Gasteiger partial charge in [-0.25, -0.2) is 19.6 Å². The number of hydrogen-bond acceptors (Lipinski definition) is 9. The Hall–Kier alpha value is -3.32. The molecule has 3 aliphatic carbocycles. The average Bonchev–Trinajstić information content (AvgIpc) is 2.77. The fraction of sp³-hybridized carbons (Fsp3) is 0.577. The van der Waals surface area contributed by atoms with Crippen LogP contribution in [0.25, 0.3) is 11.2 Å². The van der Waals surface area contributed by atoms with Crippen LogP contribution in [-0.2, 0) is 14.9 Å². The Morgan fingerprint density at radius 2 is 1.82 bits per heavy atom. The molecular weight excluding hydrogens is 515 g/mol. The number of aryl methyl sites for hydroxylation is 1. The van der Waals surface area contributed by atoms with Crippen molar-refractivity contribution in [2.45, 2.75) is 62.8 Å². The number of morpholine rings is 1. The summed E-state index contributed by atoms with van der Waals surface area (Å²) in [5.74, 6) is 6.27. The number of aromatic nitrogens is 5. The van der Waals surface area contributed by atoms with Crippen molar-refractivity contribution in [1.29, 1.82) is 0 Å². The number of alkyl halides is 3. The van der Waals surface area contributed by atoms with Crippen LogP contribution in [0, 0.1) is 12.3 Å². The van der Waals surface area contributed by atoms with Gasteiger partial charge in [0, 0.05) is 35.7 Å². The highest BCUT2D eigenvalue weighted by molar-refractivity contribution is 5.77. The second-order valence-corrected chi connectivity index (χ2v) is 11.6. The van der Waals surface area contributed by atoms with Gasteiger partial charge in [-0.15, -0.1) is 0 Å². The monoisotopic (exact) mass is 543 g/mol. The van der Waals surface area contributed by atoms with Crippen LogP contribution in [0.4, 0.5) is 19.1 Å². The number of rotatable bonds is 4. The minimum absolute atomic E-state index is 0.00661. The lowest BCUT2D eigenvalue weighted by molar-refractivity contribution is -0.337. The van der Waals surface area contributed by atoms with E-state index in [1.807, 2.05) is 18.7 Å². The zero-order chi connectivity index (χ0) is 27.3. The topological polar surface area (TPSA) is 121 Å². The number of nitrogens with two attached hydrogens (primary N) is 1. The first-order valence-electron chi connectivity index (χ1n) is 13.1. The van der Waals surface area contributed by atoms with Crippen molar-refractivity contribution < 1.29 is 22.6 Å². The van der Waals surface area contributed by atoms with E-state index in [9.17, 15) is 18.0 Å². The molecule has 3 aromatic heterocycles. The van der Waals surface area contributed by atoms with Crippen molar-refractivity contribution in [2.75, 3.05) is 37.0 Å².